The maximum absolute atomic E-state index is 13.0. The molecule has 0 radical (unpaired) electrons. The van der Waals surface area contributed by atoms with E-state index in [0.29, 0.717) is 24.3 Å². The zero-order valence-electron chi connectivity index (χ0n) is 17.6. The number of carbonyl (C=O) groups is 2. The number of hydrogen-bond donors (Lipinski definition) is 0. The second-order valence-corrected chi connectivity index (χ2v) is 7.93. The van der Waals surface area contributed by atoms with Crippen LogP contribution in [-0.2, 0) is 0 Å². The Morgan fingerprint density at radius 3 is 2.10 bits per heavy atom. The van der Waals surface area contributed by atoms with Crippen LogP contribution in [0.5, 0.6) is 0 Å². The summed E-state index contributed by atoms with van der Waals surface area (Å²) in [4.78, 5) is 41.7. The van der Waals surface area contributed by atoms with Crippen molar-refractivity contribution in [2.75, 3.05) is 69.2 Å². The molecule has 8 heteroatoms. The van der Waals surface area contributed by atoms with Gasteiger partial charge in [-0.05, 0) is 38.2 Å². The van der Waals surface area contributed by atoms with Crippen LogP contribution < -0.4 is 9.80 Å². The lowest BCUT2D eigenvalue weighted by atomic mass is 10.1. The van der Waals surface area contributed by atoms with E-state index in [0.717, 1.165) is 50.8 Å². The lowest BCUT2D eigenvalue weighted by Crippen LogP contribution is -2.49. The van der Waals surface area contributed by atoms with Gasteiger partial charge in [0.1, 0.15) is 17.8 Å². The summed E-state index contributed by atoms with van der Waals surface area (Å²) in [6.07, 6.45) is 1.49. The van der Waals surface area contributed by atoms with Gasteiger partial charge in [-0.25, -0.2) is 9.97 Å². The first-order chi connectivity index (χ1) is 14.5. The molecule has 1 aromatic heterocycles. The van der Waals surface area contributed by atoms with Crippen LogP contribution in [0.3, 0.4) is 0 Å². The molecule has 0 atom stereocenters. The van der Waals surface area contributed by atoms with Crippen molar-refractivity contribution in [1.82, 2.24) is 19.8 Å². The first-order valence-electron chi connectivity index (χ1n) is 10.4. The quantitative estimate of drug-likeness (QED) is 0.708. The molecular formula is C22H28N6O2. The standard InChI is InChI=1S/C22H28N6O2/c1-17(29)18-3-5-19(6-4-18)26-11-13-28(14-12-26)22(30)20-15-21(24-16-23-20)27-9-7-25(2)8-10-27/h3-6,15-16H,7-14H2,1-2H3. The zero-order valence-corrected chi connectivity index (χ0v) is 17.6. The van der Waals surface area contributed by atoms with Crippen molar-refractivity contribution >= 4 is 23.2 Å². The monoisotopic (exact) mass is 408 g/mol. The molecule has 2 aliphatic heterocycles. The fraction of sp³-hybridized carbons (Fsp3) is 0.455. The van der Waals surface area contributed by atoms with Crippen molar-refractivity contribution in [2.24, 2.45) is 0 Å². The van der Waals surface area contributed by atoms with Gasteiger partial charge in [-0.3, -0.25) is 9.59 Å². The van der Waals surface area contributed by atoms with E-state index in [1.807, 2.05) is 35.2 Å². The lowest BCUT2D eigenvalue weighted by Gasteiger charge is -2.36. The van der Waals surface area contributed by atoms with E-state index in [-0.39, 0.29) is 11.7 Å². The second-order valence-electron chi connectivity index (χ2n) is 7.93. The normalized spacial score (nSPS) is 17.9. The molecule has 2 fully saturated rings. The average molecular weight is 409 g/mol. The number of hydrogen-bond acceptors (Lipinski definition) is 7. The molecule has 1 aromatic carbocycles. The van der Waals surface area contributed by atoms with E-state index >= 15 is 0 Å². The fourth-order valence-corrected chi connectivity index (χ4v) is 3.91. The number of nitrogens with zero attached hydrogens (tertiary/aromatic N) is 6. The Hall–Kier alpha value is -3.00. The van der Waals surface area contributed by atoms with Crippen molar-refractivity contribution in [3.8, 4) is 0 Å². The van der Waals surface area contributed by atoms with Crippen LogP contribution >= 0.6 is 0 Å². The molecule has 4 rings (SSSR count). The number of Topliss-reactive ketones (excluding diaryl/α,β-unsaturated/α-hetero) is 1. The van der Waals surface area contributed by atoms with Crippen molar-refractivity contribution < 1.29 is 9.59 Å². The van der Waals surface area contributed by atoms with E-state index in [2.05, 4.69) is 31.7 Å². The minimum Gasteiger partial charge on any atom is -0.368 e. The fourth-order valence-electron chi connectivity index (χ4n) is 3.91. The van der Waals surface area contributed by atoms with Crippen LogP contribution in [0.1, 0.15) is 27.8 Å². The van der Waals surface area contributed by atoms with Crippen LogP contribution in [0.2, 0.25) is 0 Å². The summed E-state index contributed by atoms with van der Waals surface area (Å²) in [7, 11) is 2.11. The topological polar surface area (TPSA) is 72.9 Å². The predicted molar refractivity (Wildman–Crippen MR) is 116 cm³/mol. The Bertz CT molecular complexity index is 900. The Kier molecular flexibility index (Phi) is 5.94. The molecule has 3 heterocycles. The largest absolute Gasteiger partial charge is 0.368 e. The third-order valence-electron chi connectivity index (χ3n) is 5.90. The summed E-state index contributed by atoms with van der Waals surface area (Å²) in [5.74, 6) is 0.850. The summed E-state index contributed by atoms with van der Waals surface area (Å²) >= 11 is 0. The molecular weight excluding hydrogens is 380 g/mol. The van der Waals surface area contributed by atoms with Gasteiger partial charge in [0, 0.05) is 69.7 Å². The van der Waals surface area contributed by atoms with Gasteiger partial charge in [0.05, 0.1) is 0 Å². The van der Waals surface area contributed by atoms with Gasteiger partial charge in [0.15, 0.2) is 5.78 Å². The van der Waals surface area contributed by atoms with E-state index in [9.17, 15) is 9.59 Å². The lowest BCUT2D eigenvalue weighted by molar-refractivity contribution is 0.0740. The summed E-state index contributed by atoms with van der Waals surface area (Å²) < 4.78 is 0. The maximum atomic E-state index is 13.0. The first-order valence-corrected chi connectivity index (χ1v) is 10.4. The van der Waals surface area contributed by atoms with Crippen molar-refractivity contribution in [3.05, 3.63) is 47.9 Å². The number of benzene rings is 1. The van der Waals surface area contributed by atoms with Gasteiger partial charge in [-0.15, -0.1) is 0 Å². The van der Waals surface area contributed by atoms with E-state index in [4.69, 9.17) is 0 Å². The maximum Gasteiger partial charge on any atom is 0.272 e. The minimum absolute atomic E-state index is 0.0423. The highest BCUT2D eigenvalue weighted by molar-refractivity contribution is 5.94. The molecule has 0 saturated carbocycles. The highest BCUT2D eigenvalue weighted by Crippen LogP contribution is 2.19. The SMILES string of the molecule is CC(=O)c1ccc(N2CCN(C(=O)c3cc(N4CCN(C)CC4)ncn3)CC2)cc1. The molecule has 2 aromatic rings. The van der Waals surface area contributed by atoms with Crippen molar-refractivity contribution in [3.63, 3.8) is 0 Å². The molecule has 158 valence electrons. The van der Waals surface area contributed by atoms with Gasteiger partial charge < -0.3 is 19.6 Å². The number of anilines is 2. The minimum atomic E-state index is -0.0423. The number of ketones is 1. The van der Waals surface area contributed by atoms with Crippen LogP contribution in [0.15, 0.2) is 36.7 Å². The molecule has 0 unspecified atom stereocenters. The Morgan fingerprint density at radius 1 is 0.833 bits per heavy atom. The first kappa shape index (κ1) is 20.3. The summed E-state index contributed by atoms with van der Waals surface area (Å²) in [5, 5.41) is 0. The number of rotatable bonds is 4. The molecule has 8 nitrogen and oxygen atoms in total. The molecule has 1 amide bonds. The van der Waals surface area contributed by atoms with Gasteiger partial charge in [-0.1, -0.05) is 0 Å². The Morgan fingerprint density at radius 2 is 1.47 bits per heavy atom. The second kappa shape index (κ2) is 8.79. The molecule has 30 heavy (non-hydrogen) atoms. The predicted octanol–water partition coefficient (Wildman–Crippen LogP) is 1.39. The van der Waals surface area contributed by atoms with Crippen molar-refractivity contribution in [2.45, 2.75) is 6.92 Å². The Labute approximate surface area is 177 Å². The van der Waals surface area contributed by atoms with Gasteiger partial charge in [-0.2, -0.15) is 0 Å². The summed E-state index contributed by atoms with van der Waals surface area (Å²) in [5.41, 5.74) is 2.25. The highest BCUT2D eigenvalue weighted by atomic mass is 16.2. The molecule has 0 bridgehead atoms. The van der Waals surface area contributed by atoms with Crippen LogP contribution in [-0.4, -0.2) is 90.9 Å². The average Bonchev–Trinajstić information content (AvgIpc) is 2.79. The van der Waals surface area contributed by atoms with E-state index < -0.39 is 0 Å². The number of likely N-dealkylation sites (N-methyl/N-ethyl adjacent to an activating group) is 1. The molecule has 2 saturated heterocycles. The van der Waals surface area contributed by atoms with Crippen molar-refractivity contribution in [1.29, 1.82) is 0 Å². The van der Waals surface area contributed by atoms with Crippen LogP contribution in [0.4, 0.5) is 11.5 Å². The van der Waals surface area contributed by atoms with Gasteiger partial charge in [0.2, 0.25) is 0 Å². The van der Waals surface area contributed by atoms with Crippen LogP contribution in [0.25, 0.3) is 0 Å². The summed E-state index contributed by atoms with van der Waals surface area (Å²) in [6.45, 7) is 8.14. The molecule has 0 N–H and O–H groups in total. The van der Waals surface area contributed by atoms with E-state index in [1.165, 1.54) is 6.33 Å². The van der Waals surface area contributed by atoms with E-state index in [1.54, 1.807) is 6.92 Å². The smallest absolute Gasteiger partial charge is 0.272 e. The highest BCUT2D eigenvalue weighted by Gasteiger charge is 2.24. The molecule has 0 spiro atoms. The number of piperazine rings is 2. The third kappa shape index (κ3) is 4.43. The zero-order chi connectivity index (χ0) is 21.1. The summed E-state index contributed by atoms with van der Waals surface area (Å²) in [6, 6.07) is 9.48. The number of aromatic nitrogens is 2. The van der Waals surface area contributed by atoms with Gasteiger partial charge in [0.25, 0.3) is 5.91 Å². The van der Waals surface area contributed by atoms with Crippen LogP contribution in [0, 0.1) is 0 Å². The number of amides is 1. The molecule has 2 aliphatic rings. The third-order valence-corrected chi connectivity index (χ3v) is 5.90. The Balaban J connectivity index is 1.37. The number of carbonyl (C=O) groups excluding carboxylic acids is 2. The van der Waals surface area contributed by atoms with Gasteiger partial charge >= 0.3 is 0 Å². The molecule has 0 aliphatic carbocycles.